The predicted octanol–water partition coefficient (Wildman–Crippen LogP) is 4.12. The normalized spacial score (nSPS) is 13.7. The molecule has 0 unspecified atom stereocenters. The number of hydrogen-bond donors (Lipinski definition) is 1. The fourth-order valence-electron chi connectivity index (χ4n) is 3.59. The second-order valence-electron chi connectivity index (χ2n) is 6.50. The highest BCUT2D eigenvalue weighted by atomic mass is 19.1. The van der Waals surface area contributed by atoms with Gasteiger partial charge in [0, 0.05) is 35.8 Å². The van der Waals surface area contributed by atoms with Gasteiger partial charge in [-0.05, 0) is 43.0 Å². The Labute approximate surface area is 148 Å². The average Bonchev–Trinajstić information content (AvgIpc) is 3.03. The van der Waals surface area contributed by atoms with Gasteiger partial charge in [0.2, 0.25) is 0 Å². The number of carbonyl (C=O) groups is 1. The number of nitrogens with one attached hydrogen (secondary N) is 1. The third-order valence-electron chi connectivity index (χ3n) is 4.74. The Morgan fingerprint density at radius 1 is 1.31 bits per heavy atom. The molecule has 2 aromatic carbocycles. The molecule has 4 rings (SSSR count). The van der Waals surface area contributed by atoms with Crippen LogP contribution in [0, 0.1) is 22.9 Å². The van der Waals surface area contributed by atoms with Crippen LogP contribution in [0.4, 0.5) is 15.8 Å². The summed E-state index contributed by atoms with van der Waals surface area (Å²) in [4.78, 5) is 28.1. The summed E-state index contributed by atoms with van der Waals surface area (Å²) in [6.45, 7) is 2.23. The number of aryl methyl sites for hydroxylation is 2. The van der Waals surface area contributed by atoms with Gasteiger partial charge in [-0.3, -0.25) is 14.9 Å². The van der Waals surface area contributed by atoms with Gasteiger partial charge in [-0.1, -0.05) is 6.07 Å². The maximum Gasteiger partial charge on any atom is 0.270 e. The number of rotatable bonds is 2. The van der Waals surface area contributed by atoms with Crippen molar-refractivity contribution >= 4 is 28.2 Å². The fourth-order valence-corrected chi connectivity index (χ4v) is 3.59. The Hall–Kier alpha value is -3.22. The molecule has 2 heterocycles. The first-order valence-corrected chi connectivity index (χ1v) is 8.32. The summed E-state index contributed by atoms with van der Waals surface area (Å²) in [6.07, 6.45) is 2.98. The minimum absolute atomic E-state index is 0.0907. The van der Waals surface area contributed by atoms with E-state index in [1.165, 1.54) is 29.3 Å². The van der Waals surface area contributed by atoms with E-state index in [9.17, 15) is 19.3 Å². The number of fused-ring (bicyclic) bond motifs is 2. The van der Waals surface area contributed by atoms with Crippen molar-refractivity contribution in [2.75, 3.05) is 11.4 Å². The summed E-state index contributed by atoms with van der Waals surface area (Å²) in [5.74, 6) is -0.778. The number of halogens is 1. The van der Waals surface area contributed by atoms with Crippen molar-refractivity contribution in [1.29, 1.82) is 0 Å². The predicted molar refractivity (Wildman–Crippen MR) is 96.1 cm³/mol. The molecule has 0 saturated carbocycles. The molecule has 7 heteroatoms. The van der Waals surface area contributed by atoms with Crippen LogP contribution in [0.5, 0.6) is 0 Å². The smallest absolute Gasteiger partial charge is 0.270 e. The number of benzene rings is 2. The molecular weight excluding hydrogens is 337 g/mol. The van der Waals surface area contributed by atoms with Crippen molar-refractivity contribution in [1.82, 2.24) is 4.98 Å². The molecule has 0 spiro atoms. The van der Waals surface area contributed by atoms with Crippen molar-refractivity contribution in [2.24, 2.45) is 0 Å². The summed E-state index contributed by atoms with van der Waals surface area (Å²) >= 11 is 0. The van der Waals surface area contributed by atoms with Gasteiger partial charge in [-0.2, -0.15) is 0 Å². The van der Waals surface area contributed by atoms with Crippen molar-refractivity contribution in [3.05, 3.63) is 69.2 Å². The molecule has 26 heavy (non-hydrogen) atoms. The minimum atomic E-state index is -0.501. The van der Waals surface area contributed by atoms with Gasteiger partial charge in [0.25, 0.3) is 11.6 Å². The van der Waals surface area contributed by atoms with Gasteiger partial charge in [-0.25, -0.2) is 4.39 Å². The maximum absolute atomic E-state index is 14.6. The second kappa shape index (κ2) is 5.94. The van der Waals surface area contributed by atoms with Gasteiger partial charge in [0.05, 0.1) is 16.2 Å². The first kappa shape index (κ1) is 16.3. The Balaban J connectivity index is 1.82. The number of nitro groups is 1. The highest BCUT2D eigenvalue weighted by Crippen LogP contribution is 2.33. The lowest BCUT2D eigenvalue weighted by molar-refractivity contribution is -0.384. The van der Waals surface area contributed by atoms with E-state index in [1.54, 1.807) is 6.07 Å². The van der Waals surface area contributed by atoms with Crippen LogP contribution in [0.25, 0.3) is 10.9 Å². The quantitative estimate of drug-likeness (QED) is 0.556. The van der Waals surface area contributed by atoms with Gasteiger partial charge in [0.15, 0.2) is 0 Å². The number of aromatic nitrogens is 1. The van der Waals surface area contributed by atoms with E-state index in [4.69, 9.17) is 0 Å². The molecule has 0 bridgehead atoms. The third kappa shape index (κ3) is 2.52. The van der Waals surface area contributed by atoms with E-state index in [1.807, 2.05) is 13.0 Å². The van der Waals surface area contributed by atoms with Crippen LogP contribution in [0.3, 0.4) is 0 Å². The Morgan fingerprint density at radius 3 is 2.88 bits per heavy atom. The standard InChI is InChI=1S/C19H16FN3O3/c1-11-7-12-3-2-6-22(18(12)16(20)8-11)19(24)15-10-21-17-5-4-13(23(25)26)9-14(15)17/h4-5,7-10,21H,2-3,6H2,1H3. The zero-order valence-corrected chi connectivity index (χ0v) is 14.1. The van der Waals surface area contributed by atoms with E-state index in [-0.39, 0.29) is 11.6 Å². The average molecular weight is 353 g/mol. The molecule has 1 amide bonds. The molecular formula is C19H16FN3O3. The SMILES string of the molecule is Cc1cc(F)c2c(c1)CCCN2C(=O)c1c[nH]c2ccc([N+](=O)[O-])cc12. The highest BCUT2D eigenvalue weighted by molar-refractivity contribution is 6.14. The number of nitrogens with zero attached hydrogens (tertiary/aromatic N) is 2. The molecule has 1 aliphatic heterocycles. The van der Waals surface area contributed by atoms with Crippen molar-refractivity contribution in [2.45, 2.75) is 19.8 Å². The van der Waals surface area contributed by atoms with Crippen LogP contribution < -0.4 is 4.90 Å². The van der Waals surface area contributed by atoms with Gasteiger partial charge >= 0.3 is 0 Å². The fraction of sp³-hybridized carbons (Fsp3) is 0.211. The molecule has 1 aromatic heterocycles. The number of hydrogen-bond acceptors (Lipinski definition) is 3. The van der Waals surface area contributed by atoms with Crippen LogP contribution in [-0.2, 0) is 6.42 Å². The van der Waals surface area contributed by atoms with Crippen LogP contribution >= 0.6 is 0 Å². The van der Waals surface area contributed by atoms with Crippen LogP contribution in [0.15, 0.2) is 36.5 Å². The molecule has 0 saturated heterocycles. The van der Waals surface area contributed by atoms with E-state index >= 15 is 0 Å². The summed E-state index contributed by atoms with van der Waals surface area (Å²) in [5, 5.41) is 11.5. The van der Waals surface area contributed by atoms with E-state index in [0.29, 0.717) is 28.7 Å². The van der Waals surface area contributed by atoms with Crippen molar-refractivity contribution < 1.29 is 14.1 Å². The molecule has 0 aliphatic carbocycles. The number of amides is 1. The summed E-state index contributed by atoms with van der Waals surface area (Å²) in [6, 6.07) is 7.64. The van der Waals surface area contributed by atoms with Crippen molar-refractivity contribution in [3.8, 4) is 0 Å². The van der Waals surface area contributed by atoms with Crippen LogP contribution in [-0.4, -0.2) is 22.4 Å². The van der Waals surface area contributed by atoms with E-state index in [0.717, 1.165) is 24.0 Å². The number of aromatic amines is 1. The number of nitro benzene ring substituents is 1. The van der Waals surface area contributed by atoms with E-state index < -0.39 is 10.7 Å². The molecule has 0 fully saturated rings. The second-order valence-corrected chi connectivity index (χ2v) is 6.50. The molecule has 132 valence electrons. The Bertz CT molecular complexity index is 1060. The number of H-pyrrole nitrogens is 1. The van der Waals surface area contributed by atoms with Gasteiger partial charge in [0.1, 0.15) is 5.82 Å². The van der Waals surface area contributed by atoms with E-state index in [2.05, 4.69) is 4.98 Å². The van der Waals surface area contributed by atoms with Crippen LogP contribution in [0.2, 0.25) is 0 Å². The third-order valence-corrected chi connectivity index (χ3v) is 4.74. The summed E-state index contributed by atoms with van der Waals surface area (Å²) in [5.41, 5.74) is 2.78. The molecule has 3 aromatic rings. The molecule has 6 nitrogen and oxygen atoms in total. The Morgan fingerprint density at radius 2 is 2.12 bits per heavy atom. The highest BCUT2D eigenvalue weighted by Gasteiger charge is 2.28. The molecule has 1 aliphatic rings. The lowest BCUT2D eigenvalue weighted by Gasteiger charge is -2.30. The van der Waals surface area contributed by atoms with Gasteiger partial charge in [-0.15, -0.1) is 0 Å². The largest absolute Gasteiger partial charge is 0.360 e. The number of non-ortho nitro benzene ring substituents is 1. The lowest BCUT2D eigenvalue weighted by atomic mass is 9.98. The first-order chi connectivity index (χ1) is 12.5. The molecule has 0 atom stereocenters. The van der Waals surface area contributed by atoms with Crippen molar-refractivity contribution in [3.63, 3.8) is 0 Å². The number of carbonyl (C=O) groups excluding carboxylic acids is 1. The Kier molecular flexibility index (Phi) is 3.72. The maximum atomic E-state index is 14.6. The zero-order valence-electron chi connectivity index (χ0n) is 14.1. The first-order valence-electron chi connectivity index (χ1n) is 8.32. The van der Waals surface area contributed by atoms with Crippen LogP contribution in [0.1, 0.15) is 27.9 Å². The summed E-state index contributed by atoms with van der Waals surface area (Å²) < 4.78 is 14.6. The molecule has 1 N–H and O–H groups in total. The lowest BCUT2D eigenvalue weighted by Crippen LogP contribution is -2.36. The van der Waals surface area contributed by atoms with Gasteiger partial charge < -0.3 is 9.88 Å². The zero-order chi connectivity index (χ0) is 18.4. The molecule has 0 radical (unpaired) electrons. The minimum Gasteiger partial charge on any atom is -0.360 e. The monoisotopic (exact) mass is 353 g/mol. The topological polar surface area (TPSA) is 79.2 Å². The number of anilines is 1. The summed E-state index contributed by atoms with van der Waals surface area (Å²) in [7, 11) is 0.